The molecule has 5 heteroatoms. The number of rotatable bonds is 5. The van der Waals surface area contributed by atoms with Crippen LogP contribution in [-0.2, 0) is 0 Å². The standard InChI is InChI=1S/C15H20BrNO3/c1-19-12-7-11(8-13(9-12)20-2)14(18)17-15(10-16)5-3-4-6-15/h7-9H,3-6,10H2,1-2H3,(H,17,18). The van der Waals surface area contributed by atoms with Crippen molar-refractivity contribution in [2.75, 3.05) is 19.5 Å². The second kappa shape index (κ2) is 6.48. The minimum atomic E-state index is -0.118. The number of nitrogens with one attached hydrogen (secondary N) is 1. The number of hydrogen-bond donors (Lipinski definition) is 1. The zero-order chi connectivity index (χ0) is 14.6. The van der Waals surface area contributed by atoms with Crippen molar-refractivity contribution in [3.63, 3.8) is 0 Å². The average Bonchev–Trinajstić information content (AvgIpc) is 2.95. The van der Waals surface area contributed by atoms with Gasteiger partial charge in [-0.1, -0.05) is 28.8 Å². The van der Waals surface area contributed by atoms with Gasteiger partial charge in [0.05, 0.1) is 19.8 Å². The summed E-state index contributed by atoms with van der Waals surface area (Å²) in [6.45, 7) is 0. The molecule has 20 heavy (non-hydrogen) atoms. The lowest BCUT2D eigenvalue weighted by molar-refractivity contribution is 0.0909. The Bertz CT molecular complexity index is 462. The third kappa shape index (κ3) is 3.26. The highest BCUT2D eigenvalue weighted by Crippen LogP contribution is 2.32. The van der Waals surface area contributed by atoms with Gasteiger partial charge in [0.1, 0.15) is 11.5 Å². The molecule has 1 aliphatic carbocycles. The number of carbonyl (C=O) groups is 1. The minimum Gasteiger partial charge on any atom is -0.497 e. The molecule has 0 radical (unpaired) electrons. The predicted molar refractivity (Wildman–Crippen MR) is 82.0 cm³/mol. The van der Waals surface area contributed by atoms with Gasteiger partial charge in [0.25, 0.3) is 5.91 Å². The topological polar surface area (TPSA) is 47.6 Å². The van der Waals surface area contributed by atoms with Crippen molar-refractivity contribution in [2.24, 2.45) is 0 Å². The molecule has 0 aliphatic heterocycles. The van der Waals surface area contributed by atoms with E-state index in [0.29, 0.717) is 17.1 Å². The molecule has 0 aromatic heterocycles. The van der Waals surface area contributed by atoms with E-state index in [1.807, 2.05) is 0 Å². The molecule has 1 aliphatic rings. The zero-order valence-corrected chi connectivity index (χ0v) is 13.5. The van der Waals surface area contributed by atoms with E-state index >= 15 is 0 Å². The molecule has 1 aromatic rings. The first-order valence-electron chi connectivity index (χ1n) is 6.74. The number of benzene rings is 1. The molecular formula is C15H20BrNO3. The second-order valence-electron chi connectivity index (χ2n) is 5.18. The van der Waals surface area contributed by atoms with Gasteiger partial charge in [0.2, 0.25) is 0 Å². The monoisotopic (exact) mass is 341 g/mol. The largest absolute Gasteiger partial charge is 0.497 e. The molecule has 0 saturated heterocycles. The highest BCUT2D eigenvalue weighted by atomic mass is 79.9. The van der Waals surface area contributed by atoms with Gasteiger partial charge in [-0.2, -0.15) is 0 Å². The van der Waals surface area contributed by atoms with Gasteiger partial charge in [-0.15, -0.1) is 0 Å². The van der Waals surface area contributed by atoms with Crippen LogP contribution in [0, 0.1) is 0 Å². The Morgan fingerprint density at radius 3 is 2.20 bits per heavy atom. The molecule has 0 atom stereocenters. The molecule has 2 rings (SSSR count). The van der Waals surface area contributed by atoms with E-state index in [1.54, 1.807) is 32.4 Å². The molecule has 0 heterocycles. The molecule has 1 amide bonds. The fourth-order valence-electron chi connectivity index (χ4n) is 2.60. The molecule has 110 valence electrons. The minimum absolute atomic E-state index is 0.0800. The van der Waals surface area contributed by atoms with Crippen LogP contribution >= 0.6 is 15.9 Å². The molecule has 4 nitrogen and oxygen atoms in total. The fraction of sp³-hybridized carbons (Fsp3) is 0.533. The van der Waals surface area contributed by atoms with Gasteiger partial charge in [0, 0.05) is 17.0 Å². The van der Waals surface area contributed by atoms with Crippen LogP contribution in [0.3, 0.4) is 0 Å². The summed E-state index contributed by atoms with van der Waals surface area (Å²) >= 11 is 3.53. The first-order valence-corrected chi connectivity index (χ1v) is 7.86. The van der Waals surface area contributed by atoms with Crippen LogP contribution in [0.15, 0.2) is 18.2 Å². The fourth-order valence-corrected chi connectivity index (χ4v) is 3.30. The molecule has 0 unspecified atom stereocenters. The number of hydrogen-bond acceptors (Lipinski definition) is 3. The van der Waals surface area contributed by atoms with Gasteiger partial charge >= 0.3 is 0 Å². The van der Waals surface area contributed by atoms with Crippen molar-refractivity contribution in [2.45, 2.75) is 31.2 Å². The van der Waals surface area contributed by atoms with Gasteiger partial charge in [0.15, 0.2) is 0 Å². The Morgan fingerprint density at radius 1 is 1.20 bits per heavy atom. The quantitative estimate of drug-likeness (QED) is 0.837. The number of alkyl halides is 1. The van der Waals surface area contributed by atoms with E-state index in [4.69, 9.17) is 9.47 Å². The summed E-state index contributed by atoms with van der Waals surface area (Å²) in [4.78, 5) is 12.5. The molecule has 0 spiro atoms. The highest BCUT2D eigenvalue weighted by molar-refractivity contribution is 9.09. The van der Waals surface area contributed by atoms with E-state index in [1.165, 1.54) is 0 Å². The lowest BCUT2D eigenvalue weighted by Gasteiger charge is -2.28. The lowest BCUT2D eigenvalue weighted by Crippen LogP contribution is -2.47. The van der Waals surface area contributed by atoms with Crippen molar-refractivity contribution in [3.05, 3.63) is 23.8 Å². The van der Waals surface area contributed by atoms with Crippen molar-refractivity contribution in [1.29, 1.82) is 0 Å². The summed E-state index contributed by atoms with van der Waals surface area (Å²) in [6.07, 6.45) is 4.36. The van der Waals surface area contributed by atoms with Crippen molar-refractivity contribution < 1.29 is 14.3 Å². The maximum atomic E-state index is 12.5. The molecular weight excluding hydrogens is 322 g/mol. The Kier molecular flexibility index (Phi) is 4.91. The van der Waals surface area contributed by atoms with Crippen LogP contribution in [0.2, 0.25) is 0 Å². The average molecular weight is 342 g/mol. The van der Waals surface area contributed by atoms with Crippen LogP contribution in [0.1, 0.15) is 36.0 Å². The summed E-state index contributed by atoms with van der Waals surface area (Å²) in [5.74, 6) is 1.16. The number of amides is 1. The van der Waals surface area contributed by atoms with E-state index in [2.05, 4.69) is 21.2 Å². The third-order valence-corrected chi connectivity index (χ3v) is 4.88. The second-order valence-corrected chi connectivity index (χ2v) is 5.74. The number of carbonyl (C=O) groups excluding carboxylic acids is 1. The van der Waals surface area contributed by atoms with E-state index in [-0.39, 0.29) is 11.4 Å². The Morgan fingerprint density at radius 2 is 1.75 bits per heavy atom. The Hall–Kier alpha value is -1.23. The molecule has 1 fully saturated rings. The van der Waals surface area contributed by atoms with Crippen molar-refractivity contribution in [3.8, 4) is 11.5 Å². The summed E-state index contributed by atoms with van der Waals surface area (Å²) in [5, 5.41) is 3.95. The first kappa shape index (κ1) is 15.2. The van der Waals surface area contributed by atoms with Gasteiger partial charge in [-0.05, 0) is 25.0 Å². The molecule has 1 aromatic carbocycles. The highest BCUT2D eigenvalue weighted by Gasteiger charge is 2.34. The van der Waals surface area contributed by atoms with Crippen LogP contribution in [0.5, 0.6) is 11.5 Å². The number of methoxy groups -OCH3 is 2. The zero-order valence-electron chi connectivity index (χ0n) is 11.9. The van der Waals surface area contributed by atoms with Gasteiger partial charge < -0.3 is 14.8 Å². The normalized spacial score (nSPS) is 16.8. The van der Waals surface area contributed by atoms with Crippen LogP contribution in [-0.4, -0.2) is 31.0 Å². The number of ether oxygens (including phenoxy) is 2. The maximum Gasteiger partial charge on any atom is 0.252 e. The van der Waals surface area contributed by atoms with Crippen molar-refractivity contribution >= 4 is 21.8 Å². The molecule has 0 bridgehead atoms. The van der Waals surface area contributed by atoms with Gasteiger partial charge in [-0.3, -0.25) is 4.79 Å². The summed E-state index contributed by atoms with van der Waals surface area (Å²) in [7, 11) is 3.15. The lowest BCUT2D eigenvalue weighted by atomic mass is 10.00. The third-order valence-electron chi connectivity index (χ3n) is 3.81. The molecule has 1 N–H and O–H groups in total. The molecule has 1 saturated carbocycles. The Balaban J connectivity index is 2.20. The summed E-state index contributed by atoms with van der Waals surface area (Å²) in [5.41, 5.74) is 0.446. The Labute approximate surface area is 128 Å². The van der Waals surface area contributed by atoms with Crippen LogP contribution in [0.25, 0.3) is 0 Å². The van der Waals surface area contributed by atoms with Gasteiger partial charge in [-0.25, -0.2) is 0 Å². The predicted octanol–water partition coefficient (Wildman–Crippen LogP) is 3.14. The van der Waals surface area contributed by atoms with Crippen LogP contribution < -0.4 is 14.8 Å². The summed E-state index contributed by atoms with van der Waals surface area (Å²) in [6, 6.07) is 5.22. The van der Waals surface area contributed by atoms with E-state index in [9.17, 15) is 4.79 Å². The van der Waals surface area contributed by atoms with Crippen molar-refractivity contribution in [1.82, 2.24) is 5.32 Å². The summed E-state index contributed by atoms with van der Waals surface area (Å²) < 4.78 is 10.4. The van der Waals surface area contributed by atoms with Crippen LogP contribution in [0.4, 0.5) is 0 Å². The number of halogens is 1. The first-order chi connectivity index (χ1) is 9.62. The van der Waals surface area contributed by atoms with E-state index in [0.717, 1.165) is 31.0 Å². The smallest absolute Gasteiger partial charge is 0.252 e. The SMILES string of the molecule is COc1cc(OC)cc(C(=O)NC2(CBr)CCCC2)c1. The maximum absolute atomic E-state index is 12.5. The van der Waals surface area contributed by atoms with E-state index < -0.39 is 0 Å².